The van der Waals surface area contributed by atoms with E-state index in [1.165, 1.54) is 23.1 Å². The van der Waals surface area contributed by atoms with E-state index >= 15 is 0 Å². The molecule has 0 fully saturated rings. The summed E-state index contributed by atoms with van der Waals surface area (Å²) in [6.45, 7) is 1.88. The first kappa shape index (κ1) is 22.2. The van der Waals surface area contributed by atoms with E-state index in [1.54, 1.807) is 7.11 Å². The number of hydrogen-bond acceptors (Lipinski definition) is 6. The molecule has 6 nitrogen and oxygen atoms in total. The predicted octanol–water partition coefficient (Wildman–Crippen LogP) is 6.28. The predicted molar refractivity (Wildman–Crippen MR) is 139 cm³/mol. The Morgan fingerprint density at radius 3 is 2.50 bits per heavy atom. The van der Waals surface area contributed by atoms with Crippen LogP contribution in [0.3, 0.4) is 0 Å². The molecule has 1 amide bonds. The van der Waals surface area contributed by atoms with Crippen molar-refractivity contribution in [2.24, 2.45) is 0 Å². The fraction of sp³-hybridized carbons (Fsp3) is 0.115. The lowest BCUT2D eigenvalue weighted by Gasteiger charge is -2.13. The van der Waals surface area contributed by atoms with Crippen molar-refractivity contribution in [3.05, 3.63) is 84.2 Å². The fourth-order valence-electron chi connectivity index (χ4n) is 3.56. The Morgan fingerprint density at radius 1 is 1.00 bits per heavy atom. The number of aromatic nitrogens is 3. The van der Waals surface area contributed by atoms with Gasteiger partial charge in [0.25, 0.3) is 0 Å². The Labute approximate surface area is 205 Å². The Kier molecular flexibility index (Phi) is 6.33. The van der Waals surface area contributed by atoms with Crippen LogP contribution in [-0.2, 0) is 4.79 Å². The number of methoxy groups -OCH3 is 1. The molecule has 2 aromatic heterocycles. The van der Waals surface area contributed by atoms with Crippen LogP contribution >= 0.6 is 23.1 Å². The van der Waals surface area contributed by atoms with Gasteiger partial charge in [0.05, 0.1) is 29.1 Å². The summed E-state index contributed by atoms with van der Waals surface area (Å²) in [5, 5.41) is 5.86. The largest absolute Gasteiger partial charge is 0.497 e. The van der Waals surface area contributed by atoms with Gasteiger partial charge >= 0.3 is 0 Å². The Hall–Kier alpha value is -3.62. The van der Waals surface area contributed by atoms with E-state index in [9.17, 15) is 4.79 Å². The zero-order chi connectivity index (χ0) is 23.5. The highest BCUT2D eigenvalue weighted by molar-refractivity contribution is 8.00. The van der Waals surface area contributed by atoms with Gasteiger partial charge in [0, 0.05) is 16.6 Å². The molecule has 0 aliphatic rings. The van der Waals surface area contributed by atoms with E-state index in [1.807, 2.05) is 91.2 Å². The standard InChI is InChI=1S/C26H22N4O2S2/c1-17(24(31)29-25-27-22(16-33-25)18-8-4-3-5-9-18)34-26-28-21-10-6-7-11-23(21)30(26)19-12-14-20(32-2)15-13-19/h3-17H,1-2H3,(H,27,29,31)/t17-/m0/s1. The van der Waals surface area contributed by atoms with Crippen molar-refractivity contribution in [1.82, 2.24) is 14.5 Å². The number of carbonyl (C=O) groups excluding carboxylic acids is 1. The smallest absolute Gasteiger partial charge is 0.239 e. The third-order valence-corrected chi connectivity index (χ3v) is 7.13. The first-order valence-electron chi connectivity index (χ1n) is 10.7. The van der Waals surface area contributed by atoms with Crippen LogP contribution in [0.25, 0.3) is 28.0 Å². The van der Waals surface area contributed by atoms with E-state index in [4.69, 9.17) is 9.72 Å². The quantitative estimate of drug-likeness (QED) is 0.274. The highest BCUT2D eigenvalue weighted by Gasteiger charge is 2.21. The van der Waals surface area contributed by atoms with Gasteiger partial charge in [0.2, 0.25) is 5.91 Å². The van der Waals surface area contributed by atoms with Crippen molar-refractivity contribution < 1.29 is 9.53 Å². The molecule has 5 rings (SSSR count). The van der Waals surface area contributed by atoms with Crippen LogP contribution in [0.2, 0.25) is 0 Å². The van der Waals surface area contributed by atoms with Gasteiger partial charge in [-0.3, -0.25) is 9.36 Å². The van der Waals surface area contributed by atoms with Crippen molar-refractivity contribution in [3.63, 3.8) is 0 Å². The number of hydrogen-bond donors (Lipinski definition) is 1. The minimum absolute atomic E-state index is 0.118. The zero-order valence-corrected chi connectivity index (χ0v) is 20.3. The van der Waals surface area contributed by atoms with Crippen LogP contribution in [0, 0.1) is 0 Å². The minimum atomic E-state index is -0.377. The number of fused-ring (bicyclic) bond motifs is 1. The number of carbonyl (C=O) groups is 1. The summed E-state index contributed by atoms with van der Waals surface area (Å²) in [6, 6.07) is 25.7. The molecule has 1 atom stereocenters. The molecule has 0 saturated heterocycles. The van der Waals surface area contributed by atoms with E-state index < -0.39 is 0 Å². The van der Waals surface area contributed by atoms with Gasteiger partial charge in [-0.25, -0.2) is 9.97 Å². The summed E-state index contributed by atoms with van der Waals surface area (Å²) >= 11 is 2.84. The van der Waals surface area contributed by atoms with Crippen molar-refractivity contribution in [1.29, 1.82) is 0 Å². The maximum absolute atomic E-state index is 13.0. The monoisotopic (exact) mass is 486 g/mol. The normalized spacial score (nSPS) is 11.9. The van der Waals surface area contributed by atoms with Gasteiger partial charge in [-0.15, -0.1) is 11.3 Å². The number of thiazole rings is 1. The lowest BCUT2D eigenvalue weighted by molar-refractivity contribution is -0.115. The van der Waals surface area contributed by atoms with E-state index in [0.29, 0.717) is 5.13 Å². The molecule has 0 saturated carbocycles. The first-order valence-corrected chi connectivity index (χ1v) is 12.5. The molecule has 2 heterocycles. The molecular formula is C26H22N4O2S2. The number of imidazole rings is 1. The average molecular weight is 487 g/mol. The molecule has 170 valence electrons. The van der Waals surface area contributed by atoms with Crippen molar-refractivity contribution in [2.45, 2.75) is 17.3 Å². The summed E-state index contributed by atoms with van der Waals surface area (Å²) in [6.07, 6.45) is 0. The average Bonchev–Trinajstić information content (AvgIpc) is 3.49. The van der Waals surface area contributed by atoms with Crippen LogP contribution in [0.5, 0.6) is 5.75 Å². The highest BCUT2D eigenvalue weighted by atomic mass is 32.2. The molecule has 0 radical (unpaired) electrons. The lowest BCUT2D eigenvalue weighted by Crippen LogP contribution is -2.22. The SMILES string of the molecule is COc1ccc(-n2c(S[C@@H](C)C(=O)Nc3nc(-c4ccccc4)cs3)nc3ccccc32)cc1. The van der Waals surface area contributed by atoms with Gasteiger partial charge in [-0.05, 0) is 43.3 Å². The first-order chi connectivity index (χ1) is 16.6. The maximum atomic E-state index is 13.0. The molecule has 0 aliphatic carbocycles. The lowest BCUT2D eigenvalue weighted by atomic mass is 10.2. The number of rotatable bonds is 7. The molecular weight excluding hydrogens is 464 g/mol. The topological polar surface area (TPSA) is 69.0 Å². The van der Waals surface area contributed by atoms with Crippen molar-refractivity contribution in [3.8, 4) is 22.7 Å². The maximum Gasteiger partial charge on any atom is 0.239 e. The third-order valence-electron chi connectivity index (χ3n) is 5.32. The van der Waals surface area contributed by atoms with Crippen LogP contribution in [0.4, 0.5) is 5.13 Å². The number of ether oxygens (including phenoxy) is 1. The summed E-state index contributed by atoms with van der Waals surface area (Å²) in [5.41, 5.74) is 4.69. The molecule has 8 heteroatoms. The second-order valence-electron chi connectivity index (χ2n) is 7.57. The Balaban J connectivity index is 1.37. The number of anilines is 1. The second kappa shape index (κ2) is 9.70. The Morgan fingerprint density at radius 2 is 1.74 bits per heavy atom. The van der Waals surface area contributed by atoms with E-state index in [-0.39, 0.29) is 11.2 Å². The molecule has 0 spiro atoms. The molecule has 0 unspecified atom stereocenters. The molecule has 5 aromatic rings. The molecule has 0 bridgehead atoms. The second-order valence-corrected chi connectivity index (χ2v) is 9.74. The highest BCUT2D eigenvalue weighted by Crippen LogP contribution is 2.32. The van der Waals surface area contributed by atoms with Crippen LogP contribution < -0.4 is 10.1 Å². The number of nitrogens with one attached hydrogen (secondary N) is 1. The summed E-state index contributed by atoms with van der Waals surface area (Å²) in [4.78, 5) is 22.4. The van der Waals surface area contributed by atoms with E-state index in [2.05, 4.69) is 14.9 Å². The summed E-state index contributed by atoms with van der Waals surface area (Å²) in [5.74, 6) is 0.667. The fourth-order valence-corrected chi connectivity index (χ4v) is 5.22. The Bertz CT molecular complexity index is 1430. The van der Waals surface area contributed by atoms with Gasteiger partial charge < -0.3 is 10.1 Å². The van der Waals surface area contributed by atoms with Crippen molar-refractivity contribution in [2.75, 3.05) is 12.4 Å². The molecule has 34 heavy (non-hydrogen) atoms. The molecule has 0 aliphatic heterocycles. The van der Waals surface area contributed by atoms with Gasteiger partial charge in [-0.2, -0.15) is 0 Å². The van der Waals surface area contributed by atoms with Crippen LogP contribution in [0.15, 0.2) is 89.4 Å². The number of amides is 1. The zero-order valence-electron chi connectivity index (χ0n) is 18.6. The number of benzene rings is 3. The van der Waals surface area contributed by atoms with Crippen molar-refractivity contribution >= 4 is 45.2 Å². The summed E-state index contributed by atoms with van der Waals surface area (Å²) in [7, 11) is 1.65. The number of para-hydroxylation sites is 2. The van der Waals surface area contributed by atoms with Gasteiger partial charge in [0.15, 0.2) is 10.3 Å². The number of thioether (sulfide) groups is 1. The van der Waals surface area contributed by atoms with Gasteiger partial charge in [-0.1, -0.05) is 54.2 Å². The number of nitrogens with zero attached hydrogens (tertiary/aromatic N) is 3. The minimum Gasteiger partial charge on any atom is -0.497 e. The van der Waals surface area contributed by atoms with Crippen LogP contribution in [-0.4, -0.2) is 32.8 Å². The van der Waals surface area contributed by atoms with Crippen LogP contribution in [0.1, 0.15) is 6.92 Å². The molecule has 3 aromatic carbocycles. The molecule has 1 N–H and O–H groups in total. The third kappa shape index (κ3) is 4.55. The summed E-state index contributed by atoms with van der Waals surface area (Å²) < 4.78 is 7.37. The van der Waals surface area contributed by atoms with Gasteiger partial charge in [0.1, 0.15) is 5.75 Å². The van der Waals surface area contributed by atoms with E-state index in [0.717, 1.165) is 38.9 Å².